The van der Waals surface area contributed by atoms with Gasteiger partial charge in [-0.25, -0.2) is 12.8 Å². The van der Waals surface area contributed by atoms with Crippen molar-refractivity contribution in [2.45, 2.75) is 59.0 Å². The molecule has 9 heteroatoms. The van der Waals surface area contributed by atoms with Crippen molar-refractivity contribution in [3.63, 3.8) is 0 Å². The van der Waals surface area contributed by atoms with Crippen LogP contribution in [0.15, 0.2) is 71.6 Å². The maximum atomic E-state index is 13.9. The van der Waals surface area contributed by atoms with Crippen LogP contribution in [0.4, 0.5) is 10.1 Å². The monoisotopic (exact) mass is 567 g/mol. The third-order valence-corrected chi connectivity index (χ3v) is 8.57. The fourth-order valence-electron chi connectivity index (χ4n) is 4.07. The summed E-state index contributed by atoms with van der Waals surface area (Å²) in [5.41, 5.74) is 3.71. The zero-order valence-corrected chi connectivity index (χ0v) is 24.8. The topological polar surface area (TPSA) is 86.8 Å². The Bertz CT molecular complexity index is 1440. The molecule has 0 aliphatic heterocycles. The van der Waals surface area contributed by atoms with Crippen molar-refractivity contribution in [3.05, 3.63) is 94.8 Å². The fraction of sp³-hybridized carbons (Fsp3) is 0.355. The molecule has 2 amide bonds. The molecule has 3 aromatic rings. The lowest BCUT2D eigenvalue weighted by Crippen LogP contribution is -2.51. The van der Waals surface area contributed by atoms with Gasteiger partial charge in [0, 0.05) is 13.1 Å². The Morgan fingerprint density at radius 1 is 0.875 bits per heavy atom. The standard InChI is InChI=1S/C31H38FN3O4S/c1-21(2)18-33-31(37)25(6)34(19-26-10-12-27(32)13-11-26)30(36)20-35(28-14-9-23(4)24(5)17-28)40(38,39)29-15-7-22(3)8-16-29/h7-17,21,25H,18-20H2,1-6H3,(H,33,37)/t25-/m0/s1. The van der Waals surface area contributed by atoms with Gasteiger partial charge in [0.15, 0.2) is 0 Å². The van der Waals surface area contributed by atoms with E-state index in [1.54, 1.807) is 43.3 Å². The van der Waals surface area contributed by atoms with E-state index in [0.29, 0.717) is 17.8 Å². The first-order valence-corrected chi connectivity index (χ1v) is 14.7. The van der Waals surface area contributed by atoms with E-state index in [1.807, 2.05) is 40.7 Å². The smallest absolute Gasteiger partial charge is 0.264 e. The summed E-state index contributed by atoms with van der Waals surface area (Å²) in [7, 11) is -4.14. The number of anilines is 1. The number of nitrogens with zero attached hydrogens (tertiary/aromatic N) is 2. The highest BCUT2D eigenvalue weighted by Crippen LogP contribution is 2.27. The molecule has 0 aliphatic carbocycles. The highest BCUT2D eigenvalue weighted by molar-refractivity contribution is 7.92. The zero-order chi connectivity index (χ0) is 29.6. The molecule has 0 spiro atoms. The van der Waals surface area contributed by atoms with Crippen molar-refractivity contribution in [2.24, 2.45) is 5.92 Å². The van der Waals surface area contributed by atoms with Gasteiger partial charge in [-0.15, -0.1) is 0 Å². The van der Waals surface area contributed by atoms with E-state index < -0.39 is 34.3 Å². The lowest BCUT2D eigenvalue weighted by atomic mass is 10.1. The van der Waals surface area contributed by atoms with Crippen LogP contribution < -0.4 is 9.62 Å². The van der Waals surface area contributed by atoms with Crippen molar-refractivity contribution in [1.82, 2.24) is 10.2 Å². The van der Waals surface area contributed by atoms with E-state index in [0.717, 1.165) is 21.0 Å². The number of halogens is 1. The maximum Gasteiger partial charge on any atom is 0.264 e. The van der Waals surface area contributed by atoms with Crippen molar-refractivity contribution < 1.29 is 22.4 Å². The lowest BCUT2D eigenvalue weighted by molar-refractivity contribution is -0.139. The van der Waals surface area contributed by atoms with Crippen LogP contribution in [0, 0.1) is 32.5 Å². The number of hydrogen-bond donors (Lipinski definition) is 1. The van der Waals surface area contributed by atoms with Gasteiger partial charge in [-0.05, 0) is 86.7 Å². The maximum absolute atomic E-state index is 13.9. The number of nitrogens with one attached hydrogen (secondary N) is 1. The van der Waals surface area contributed by atoms with Crippen LogP contribution in [-0.4, -0.2) is 44.3 Å². The van der Waals surface area contributed by atoms with Crippen molar-refractivity contribution >= 4 is 27.5 Å². The van der Waals surface area contributed by atoms with Crippen LogP contribution in [0.2, 0.25) is 0 Å². The molecule has 0 radical (unpaired) electrons. The molecule has 0 aliphatic rings. The molecule has 0 fully saturated rings. The number of rotatable bonds is 11. The Morgan fingerprint density at radius 2 is 1.50 bits per heavy atom. The second kappa shape index (κ2) is 13.1. The number of carbonyl (C=O) groups is 2. The fourth-order valence-corrected chi connectivity index (χ4v) is 5.47. The third-order valence-electron chi connectivity index (χ3n) is 6.78. The summed E-state index contributed by atoms with van der Waals surface area (Å²) in [6.07, 6.45) is 0. The molecule has 1 N–H and O–H groups in total. The minimum absolute atomic E-state index is 0.000718. The van der Waals surface area contributed by atoms with E-state index in [-0.39, 0.29) is 23.3 Å². The molecule has 214 valence electrons. The van der Waals surface area contributed by atoms with Crippen LogP contribution in [0.25, 0.3) is 0 Å². The molecule has 0 saturated carbocycles. The molecule has 7 nitrogen and oxygen atoms in total. The van der Waals surface area contributed by atoms with Crippen LogP contribution in [0.1, 0.15) is 43.0 Å². The minimum atomic E-state index is -4.14. The van der Waals surface area contributed by atoms with Gasteiger partial charge in [-0.2, -0.15) is 0 Å². The molecular weight excluding hydrogens is 529 g/mol. The van der Waals surface area contributed by atoms with Crippen molar-refractivity contribution in [3.8, 4) is 0 Å². The van der Waals surface area contributed by atoms with E-state index in [2.05, 4.69) is 5.32 Å². The van der Waals surface area contributed by atoms with Gasteiger partial charge in [0.2, 0.25) is 11.8 Å². The van der Waals surface area contributed by atoms with Crippen molar-refractivity contribution in [1.29, 1.82) is 0 Å². The highest BCUT2D eigenvalue weighted by Gasteiger charge is 2.32. The van der Waals surface area contributed by atoms with Gasteiger partial charge in [-0.1, -0.05) is 49.7 Å². The van der Waals surface area contributed by atoms with Crippen LogP contribution in [0.3, 0.4) is 0 Å². The highest BCUT2D eigenvalue weighted by atomic mass is 32.2. The molecule has 0 bridgehead atoms. The van der Waals surface area contributed by atoms with Crippen LogP contribution >= 0.6 is 0 Å². The third kappa shape index (κ3) is 7.69. The SMILES string of the molecule is Cc1ccc(S(=O)(=O)N(CC(=O)N(Cc2ccc(F)cc2)[C@@H](C)C(=O)NCC(C)C)c2ccc(C)c(C)c2)cc1. The summed E-state index contributed by atoms with van der Waals surface area (Å²) >= 11 is 0. The zero-order valence-electron chi connectivity index (χ0n) is 23.9. The summed E-state index contributed by atoms with van der Waals surface area (Å²) in [6.45, 7) is 11.1. The number of sulfonamides is 1. The number of amides is 2. The summed E-state index contributed by atoms with van der Waals surface area (Å²) < 4.78 is 42.5. The average molecular weight is 568 g/mol. The second-order valence-electron chi connectivity index (χ2n) is 10.6. The van der Waals surface area contributed by atoms with E-state index in [4.69, 9.17) is 0 Å². The molecule has 40 heavy (non-hydrogen) atoms. The average Bonchev–Trinajstić information content (AvgIpc) is 2.91. The Kier molecular flexibility index (Phi) is 10.1. The lowest BCUT2D eigenvalue weighted by Gasteiger charge is -2.32. The molecule has 1 atom stereocenters. The summed E-state index contributed by atoms with van der Waals surface area (Å²) in [4.78, 5) is 28.3. The molecule has 0 heterocycles. The predicted molar refractivity (Wildman–Crippen MR) is 156 cm³/mol. The van der Waals surface area contributed by atoms with E-state index >= 15 is 0 Å². The van der Waals surface area contributed by atoms with Gasteiger partial charge in [-0.3, -0.25) is 13.9 Å². The Balaban J connectivity index is 2.03. The first-order chi connectivity index (χ1) is 18.8. The van der Waals surface area contributed by atoms with Gasteiger partial charge in [0.25, 0.3) is 10.0 Å². The molecule has 0 aromatic heterocycles. The van der Waals surface area contributed by atoms with Crippen molar-refractivity contribution in [2.75, 3.05) is 17.4 Å². The van der Waals surface area contributed by atoms with Gasteiger partial charge in [0.05, 0.1) is 10.6 Å². The van der Waals surface area contributed by atoms with Gasteiger partial charge in [0.1, 0.15) is 18.4 Å². The predicted octanol–water partition coefficient (Wildman–Crippen LogP) is 5.14. The second-order valence-corrected chi connectivity index (χ2v) is 12.4. The number of benzene rings is 3. The first-order valence-electron chi connectivity index (χ1n) is 13.3. The molecule has 0 unspecified atom stereocenters. The number of carbonyl (C=O) groups excluding carboxylic acids is 2. The number of hydrogen-bond acceptors (Lipinski definition) is 4. The normalized spacial score (nSPS) is 12.2. The molecule has 0 saturated heterocycles. The number of aryl methyl sites for hydroxylation is 3. The van der Waals surface area contributed by atoms with Gasteiger partial charge >= 0.3 is 0 Å². The summed E-state index contributed by atoms with van der Waals surface area (Å²) in [5.74, 6) is -1.14. The van der Waals surface area contributed by atoms with Gasteiger partial charge < -0.3 is 10.2 Å². The minimum Gasteiger partial charge on any atom is -0.354 e. The Morgan fingerprint density at radius 3 is 2.08 bits per heavy atom. The van der Waals surface area contributed by atoms with E-state index in [1.165, 1.54) is 29.2 Å². The van der Waals surface area contributed by atoms with Crippen LogP contribution in [-0.2, 0) is 26.2 Å². The quantitative estimate of drug-likeness (QED) is 0.348. The summed E-state index contributed by atoms with van der Waals surface area (Å²) in [5, 5.41) is 2.85. The van der Waals surface area contributed by atoms with Crippen LogP contribution in [0.5, 0.6) is 0 Å². The first kappa shape index (κ1) is 30.8. The Hall–Kier alpha value is -3.72. The largest absolute Gasteiger partial charge is 0.354 e. The molecular formula is C31H38FN3O4S. The molecule has 3 rings (SSSR count). The van der Waals surface area contributed by atoms with E-state index in [9.17, 15) is 22.4 Å². The Labute approximate surface area is 237 Å². The summed E-state index contributed by atoms with van der Waals surface area (Å²) in [6, 6.07) is 16.4. The molecule has 3 aromatic carbocycles.